The molecule has 1 atom stereocenters. The third-order valence-electron chi connectivity index (χ3n) is 3.84. The lowest BCUT2D eigenvalue weighted by Gasteiger charge is -2.34. The van der Waals surface area contributed by atoms with E-state index in [-0.39, 0.29) is 0 Å². The Morgan fingerprint density at radius 1 is 1.26 bits per heavy atom. The molecule has 0 spiro atoms. The van der Waals surface area contributed by atoms with Crippen LogP contribution in [0.15, 0.2) is 24.3 Å². The summed E-state index contributed by atoms with van der Waals surface area (Å²) >= 11 is 0. The largest absolute Gasteiger partial charge is 0.492 e. The van der Waals surface area contributed by atoms with Crippen molar-refractivity contribution in [1.82, 2.24) is 4.90 Å². The predicted molar refractivity (Wildman–Crippen MR) is 79.6 cm³/mol. The van der Waals surface area contributed by atoms with Crippen molar-refractivity contribution in [1.29, 1.82) is 0 Å². The summed E-state index contributed by atoms with van der Waals surface area (Å²) in [5.41, 5.74) is 6.99. The number of ether oxygens (including phenoxy) is 1. The number of rotatable bonds is 6. The number of likely N-dealkylation sites (tertiary alicyclic amines) is 1. The summed E-state index contributed by atoms with van der Waals surface area (Å²) in [6, 6.07) is 8.72. The Morgan fingerprint density at radius 3 is 2.74 bits per heavy atom. The number of nitrogens with two attached hydrogens (primary N) is 1. The maximum Gasteiger partial charge on any atom is 0.119 e. The van der Waals surface area contributed by atoms with Gasteiger partial charge in [0.2, 0.25) is 0 Å². The molecule has 2 N–H and O–H groups in total. The van der Waals surface area contributed by atoms with Crippen LogP contribution in [0, 0.1) is 6.92 Å². The molecule has 1 aliphatic heterocycles. The van der Waals surface area contributed by atoms with Crippen LogP contribution in [0.25, 0.3) is 0 Å². The average Bonchev–Trinajstić information content (AvgIpc) is 2.44. The molecule has 1 saturated heterocycles. The lowest BCUT2D eigenvalue weighted by atomic mass is 10.1. The number of piperidine rings is 1. The first-order valence-electron chi connectivity index (χ1n) is 7.43. The fourth-order valence-corrected chi connectivity index (χ4v) is 2.74. The molecule has 1 fully saturated rings. The highest BCUT2D eigenvalue weighted by molar-refractivity contribution is 5.27. The predicted octanol–water partition coefficient (Wildman–Crippen LogP) is 2.58. The quantitative estimate of drug-likeness (QED) is 0.856. The van der Waals surface area contributed by atoms with E-state index >= 15 is 0 Å². The summed E-state index contributed by atoms with van der Waals surface area (Å²) in [6.07, 6.45) is 5.01. The molecule has 2 rings (SSSR count). The first-order chi connectivity index (χ1) is 9.29. The van der Waals surface area contributed by atoms with Crippen LogP contribution in [0.2, 0.25) is 0 Å². The van der Waals surface area contributed by atoms with E-state index in [0.717, 1.165) is 25.3 Å². The van der Waals surface area contributed by atoms with Gasteiger partial charge in [0.1, 0.15) is 12.4 Å². The fraction of sp³-hybridized carbons (Fsp3) is 0.625. The van der Waals surface area contributed by atoms with Gasteiger partial charge in [-0.15, -0.1) is 0 Å². The lowest BCUT2D eigenvalue weighted by molar-refractivity contribution is 0.109. The van der Waals surface area contributed by atoms with Crippen LogP contribution >= 0.6 is 0 Å². The van der Waals surface area contributed by atoms with E-state index in [1.165, 1.54) is 37.9 Å². The van der Waals surface area contributed by atoms with Gasteiger partial charge in [0, 0.05) is 6.04 Å². The van der Waals surface area contributed by atoms with E-state index in [1.54, 1.807) is 0 Å². The second kappa shape index (κ2) is 7.51. The van der Waals surface area contributed by atoms with E-state index in [9.17, 15) is 0 Å². The van der Waals surface area contributed by atoms with E-state index in [4.69, 9.17) is 10.5 Å². The van der Waals surface area contributed by atoms with Crippen LogP contribution in [-0.4, -0.2) is 37.2 Å². The first kappa shape index (κ1) is 14.4. The molecule has 0 saturated carbocycles. The summed E-state index contributed by atoms with van der Waals surface area (Å²) in [5.74, 6) is 0.971. The summed E-state index contributed by atoms with van der Waals surface area (Å²) in [6.45, 7) is 5.97. The molecule has 1 aliphatic rings. The highest BCUT2D eigenvalue weighted by Crippen LogP contribution is 2.17. The van der Waals surface area contributed by atoms with E-state index in [0.29, 0.717) is 6.04 Å². The highest BCUT2D eigenvalue weighted by Gasteiger charge is 2.20. The molecule has 0 radical (unpaired) electrons. The smallest absolute Gasteiger partial charge is 0.119 e. The normalized spacial score (nSPS) is 18.2. The Labute approximate surface area is 116 Å². The average molecular weight is 262 g/mol. The Balaban J connectivity index is 1.89. The van der Waals surface area contributed by atoms with Crippen LogP contribution in [0.4, 0.5) is 0 Å². The molecule has 1 heterocycles. The van der Waals surface area contributed by atoms with Crippen molar-refractivity contribution in [3.05, 3.63) is 29.8 Å². The van der Waals surface area contributed by atoms with E-state index in [1.807, 2.05) is 12.1 Å². The molecule has 1 aromatic rings. The molecule has 106 valence electrons. The van der Waals surface area contributed by atoms with Gasteiger partial charge in [-0.25, -0.2) is 0 Å². The number of benzene rings is 1. The Morgan fingerprint density at radius 2 is 2.05 bits per heavy atom. The van der Waals surface area contributed by atoms with Crippen molar-refractivity contribution >= 4 is 0 Å². The summed E-state index contributed by atoms with van der Waals surface area (Å²) in [7, 11) is 0. The maximum absolute atomic E-state index is 5.96. The molecule has 3 nitrogen and oxygen atoms in total. The molecule has 3 heteroatoms. The van der Waals surface area contributed by atoms with Gasteiger partial charge in [-0.1, -0.05) is 18.6 Å². The molecule has 0 aromatic heterocycles. The second-order valence-corrected chi connectivity index (χ2v) is 5.46. The Kier molecular flexibility index (Phi) is 5.67. The summed E-state index contributed by atoms with van der Waals surface area (Å²) < 4.78 is 5.96. The minimum Gasteiger partial charge on any atom is -0.492 e. The maximum atomic E-state index is 5.96. The fourth-order valence-electron chi connectivity index (χ4n) is 2.74. The van der Waals surface area contributed by atoms with Gasteiger partial charge in [-0.2, -0.15) is 0 Å². The minimum atomic E-state index is 0.464. The summed E-state index contributed by atoms with van der Waals surface area (Å²) in [5, 5.41) is 0. The molecule has 1 aromatic carbocycles. The standard InChI is InChI=1S/C16H26N2O/c1-14-6-5-7-16(12-14)19-13-15(8-9-17)18-10-3-2-4-11-18/h5-7,12,15H,2-4,8-11,13,17H2,1H3. The number of hydrogen-bond donors (Lipinski definition) is 1. The Bertz CT molecular complexity index is 375. The molecule has 0 amide bonds. The zero-order valence-corrected chi connectivity index (χ0v) is 12.0. The first-order valence-corrected chi connectivity index (χ1v) is 7.43. The van der Waals surface area contributed by atoms with Crippen molar-refractivity contribution in [3.8, 4) is 5.75 Å². The Hall–Kier alpha value is -1.06. The number of aryl methyl sites for hydroxylation is 1. The van der Waals surface area contributed by atoms with Crippen LogP contribution in [-0.2, 0) is 0 Å². The third kappa shape index (κ3) is 4.51. The van der Waals surface area contributed by atoms with E-state index < -0.39 is 0 Å². The van der Waals surface area contributed by atoms with Crippen molar-refractivity contribution in [2.24, 2.45) is 5.73 Å². The highest BCUT2D eigenvalue weighted by atomic mass is 16.5. The van der Waals surface area contributed by atoms with E-state index in [2.05, 4.69) is 24.0 Å². The second-order valence-electron chi connectivity index (χ2n) is 5.46. The molecular formula is C16H26N2O. The van der Waals surface area contributed by atoms with Gasteiger partial charge in [-0.3, -0.25) is 4.90 Å². The summed E-state index contributed by atoms with van der Waals surface area (Å²) in [4.78, 5) is 2.55. The van der Waals surface area contributed by atoms with Gasteiger partial charge < -0.3 is 10.5 Å². The lowest BCUT2D eigenvalue weighted by Crippen LogP contribution is -2.43. The molecule has 0 bridgehead atoms. The zero-order valence-electron chi connectivity index (χ0n) is 12.0. The number of hydrogen-bond acceptors (Lipinski definition) is 3. The van der Waals surface area contributed by atoms with Crippen LogP contribution in [0.3, 0.4) is 0 Å². The van der Waals surface area contributed by atoms with Crippen molar-refractivity contribution in [2.45, 2.75) is 38.6 Å². The van der Waals surface area contributed by atoms with Gasteiger partial charge in [-0.05, 0) is 63.5 Å². The molecule has 0 aliphatic carbocycles. The molecule has 1 unspecified atom stereocenters. The van der Waals surface area contributed by atoms with Crippen LogP contribution in [0.5, 0.6) is 5.75 Å². The van der Waals surface area contributed by atoms with Crippen molar-refractivity contribution in [3.63, 3.8) is 0 Å². The van der Waals surface area contributed by atoms with Crippen LogP contribution in [0.1, 0.15) is 31.2 Å². The SMILES string of the molecule is Cc1cccc(OCC(CCN)N2CCCCC2)c1. The minimum absolute atomic E-state index is 0.464. The van der Waals surface area contributed by atoms with Crippen LogP contribution < -0.4 is 10.5 Å². The van der Waals surface area contributed by atoms with Crippen molar-refractivity contribution < 1.29 is 4.74 Å². The van der Waals surface area contributed by atoms with Gasteiger partial charge in [0.05, 0.1) is 0 Å². The van der Waals surface area contributed by atoms with Crippen molar-refractivity contribution in [2.75, 3.05) is 26.2 Å². The third-order valence-corrected chi connectivity index (χ3v) is 3.84. The molecular weight excluding hydrogens is 236 g/mol. The van der Waals surface area contributed by atoms with Gasteiger partial charge >= 0.3 is 0 Å². The zero-order chi connectivity index (χ0) is 13.5. The topological polar surface area (TPSA) is 38.5 Å². The number of nitrogens with zero attached hydrogens (tertiary/aromatic N) is 1. The monoisotopic (exact) mass is 262 g/mol. The van der Waals surface area contributed by atoms with Gasteiger partial charge in [0.25, 0.3) is 0 Å². The van der Waals surface area contributed by atoms with Gasteiger partial charge in [0.15, 0.2) is 0 Å². The molecule has 19 heavy (non-hydrogen) atoms.